The predicted octanol–water partition coefficient (Wildman–Crippen LogP) is 1.76. The van der Waals surface area contributed by atoms with Crippen LogP contribution in [0.1, 0.15) is 29.7 Å². The van der Waals surface area contributed by atoms with Crippen LogP contribution in [0.15, 0.2) is 23.6 Å². The number of nitrogens with two attached hydrogens (primary N) is 1. The zero-order chi connectivity index (χ0) is 21.8. The molecule has 0 amide bonds. The maximum atomic E-state index is 12.1. The summed E-state index contributed by atoms with van der Waals surface area (Å²) in [7, 11) is 4.48. The predicted molar refractivity (Wildman–Crippen MR) is 104 cm³/mol. The topological polar surface area (TPSA) is 142 Å². The van der Waals surface area contributed by atoms with E-state index in [4.69, 9.17) is 29.4 Å². The largest absolute Gasteiger partial charge is 0.493 e. The average molecular weight is 414 g/mol. The second-order valence-corrected chi connectivity index (χ2v) is 6.25. The van der Waals surface area contributed by atoms with Crippen LogP contribution >= 0.6 is 0 Å². The summed E-state index contributed by atoms with van der Waals surface area (Å²) in [6.07, 6.45) is -0.0791. The molecule has 0 fully saturated rings. The molecule has 10 heteroatoms. The number of rotatable bonds is 7. The maximum absolute atomic E-state index is 12.1. The van der Waals surface area contributed by atoms with Crippen LogP contribution in [0.3, 0.4) is 0 Å². The number of benzene rings is 1. The number of ether oxygens (including phenoxy) is 5. The Bertz CT molecular complexity index is 1040. The molecule has 1 aliphatic heterocycles. The van der Waals surface area contributed by atoms with Crippen molar-refractivity contribution in [2.24, 2.45) is 5.73 Å². The number of aromatic nitrogens is 2. The second kappa shape index (κ2) is 8.65. The fourth-order valence-electron chi connectivity index (χ4n) is 3.46. The van der Waals surface area contributed by atoms with Gasteiger partial charge in [0.2, 0.25) is 17.5 Å². The lowest BCUT2D eigenvalue weighted by molar-refractivity contribution is -0.142. The molecule has 0 spiro atoms. The third-order valence-electron chi connectivity index (χ3n) is 4.69. The number of aromatic amines is 1. The van der Waals surface area contributed by atoms with E-state index in [0.717, 1.165) is 0 Å². The lowest BCUT2D eigenvalue weighted by Crippen LogP contribution is -2.22. The van der Waals surface area contributed by atoms with E-state index in [1.165, 1.54) is 21.3 Å². The van der Waals surface area contributed by atoms with Crippen LogP contribution < -0.4 is 24.7 Å². The summed E-state index contributed by atoms with van der Waals surface area (Å²) in [5.41, 5.74) is 7.68. The first-order valence-electron chi connectivity index (χ1n) is 9.09. The van der Waals surface area contributed by atoms with Gasteiger partial charge in [0.1, 0.15) is 11.6 Å². The minimum atomic E-state index is -0.711. The van der Waals surface area contributed by atoms with Crippen LogP contribution in [0.4, 0.5) is 0 Å². The van der Waals surface area contributed by atoms with Gasteiger partial charge in [0.05, 0.1) is 51.5 Å². The van der Waals surface area contributed by atoms with E-state index in [1.54, 1.807) is 19.1 Å². The number of carbonyl (C=O) groups is 1. The third kappa shape index (κ3) is 3.45. The number of methoxy groups -OCH3 is 3. The third-order valence-corrected chi connectivity index (χ3v) is 4.69. The molecule has 1 atom stereocenters. The van der Waals surface area contributed by atoms with Gasteiger partial charge in [-0.05, 0) is 13.0 Å². The summed E-state index contributed by atoms with van der Waals surface area (Å²) in [5, 5.41) is 16.7. The molecule has 0 saturated heterocycles. The first-order chi connectivity index (χ1) is 14.5. The number of hydrogen-bond donors (Lipinski definition) is 2. The van der Waals surface area contributed by atoms with Gasteiger partial charge < -0.3 is 29.4 Å². The van der Waals surface area contributed by atoms with Crippen LogP contribution in [0, 0.1) is 11.3 Å². The van der Waals surface area contributed by atoms with Gasteiger partial charge in [-0.3, -0.25) is 9.89 Å². The minimum absolute atomic E-state index is 0.0791. The van der Waals surface area contributed by atoms with Crippen LogP contribution in [0.5, 0.6) is 23.1 Å². The van der Waals surface area contributed by atoms with Crippen LogP contribution in [-0.2, 0) is 16.0 Å². The number of carbonyl (C=O) groups excluding carboxylic acids is 1. The van der Waals surface area contributed by atoms with Gasteiger partial charge in [0, 0.05) is 5.56 Å². The Balaban J connectivity index is 2.23. The van der Waals surface area contributed by atoms with Crippen molar-refractivity contribution in [1.29, 1.82) is 5.26 Å². The zero-order valence-corrected chi connectivity index (χ0v) is 17.1. The number of nitrogens with one attached hydrogen (secondary N) is 1. The normalized spacial score (nSPS) is 15.0. The molecule has 0 bridgehead atoms. The molecule has 0 aliphatic carbocycles. The highest BCUT2D eigenvalue weighted by Gasteiger charge is 2.38. The van der Waals surface area contributed by atoms with Crippen LogP contribution in [0.25, 0.3) is 0 Å². The summed E-state index contributed by atoms with van der Waals surface area (Å²) in [6, 6.07) is 5.54. The van der Waals surface area contributed by atoms with Crippen molar-refractivity contribution >= 4 is 5.97 Å². The number of allylic oxidation sites excluding steroid dienone is 1. The lowest BCUT2D eigenvalue weighted by atomic mass is 9.83. The van der Waals surface area contributed by atoms with Crippen molar-refractivity contribution in [3.8, 4) is 29.2 Å². The second-order valence-electron chi connectivity index (χ2n) is 6.25. The molecule has 3 rings (SSSR count). The van der Waals surface area contributed by atoms with Crippen LogP contribution in [0.2, 0.25) is 0 Å². The fourth-order valence-corrected chi connectivity index (χ4v) is 3.46. The molecule has 0 radical (unpaired) electrons. The zero-order valence-electron chi connectivity index (χ0n) is 17.1. The van der Waals surface area contributed by atoms with E-state index in [9.17, 15) is 10.1 Å². The lowest BCUT2D eigenvalue weighted by Gasteiger charge is -2.26. The Morgan fingerprint density at radius 3 is 2.60 bits per heavy atom. The average Bonchev–Trinajstić information content (AvgIpc) is 3.13. The van der Waals surface area contributed by atoms with E-state index in [0.29, 0.717) is 34.1 Å². The number of hydrogen-bond acceptors (Lipinski definition) is 9. The molecular formula is C20H22N4O6. The number of esters is 1. The Hall–Kier alpha value is -3.87. The molecule has 1 aromatic carbocycles. The van der Waals surface area contributed by atoms with Crippen molar-refractivity contribution in [2.75, 3.05) is 27.9 Å². The number of nitrogens with zero attached hydrogens (tertiary/aromatic N) is 2. The highest BCUT2D eigenvalue weighted by Crippen LogP contribution is 2.50. The summed E-state index contributed by atoms with van der Waals surface area (Å²) in [6.45, 7) is 1.97. The molecule has 10 nitrogen and oxygen atoms in total. The highest BCUT2D eigenvalue weighted by atomic mass is 16.5. The van der Waals surface area contributed by atoms with Crippen molar-refractivity contribution in [2.45, 2.75) is 19.3 Å². The van der Waals surface area contributed by atoms with Crippen molar-refractivity contribution in [1.82, 2.24) is 10.2 Å². The summed E-state index contributed by atoms with van der Waals surface area (Å²) in [5.74, 6) is 0.114. The molecule has 1 aromatic heterocycles. The minimum Gasteiger partial charge on any atom is -0.493 e. The molecule has 1 aliphatic rings. The van der Waals surface area contributed by atoms with Gasteiger partial charge in [-0.2, -0.15) is 5.26 Å². The smallest absolute Gasteiger partial charge is 0.311 e. The summed E-state index contributed by atoms with van der Waals surface area (Å²) >= 11 is 0. The van der Waals surface area contributed by atoms with Gasteiger partial charge in [0.15, 0.2) is 11.5 Å². The Kier molecular flexibility index (Phi) is 6.01. The first kappa shape index (κ1) is 20.9. The summed E-state index contributed by atoms with van der Waals surface area (Å²) in [4.78, 5) is 12.1. The number of fused-ring (bicyclic) bond motifs is 1. The number of nitriles is 1. The molecule has 2 aromatic rings. The molecule has 30 heavy (non-hydrogen) atoms. The molecule has 1 unspecified atom stereocenters. The molecule has 158 valence electrons. The molecular weight excluding hydrogens is 392 g/mol. The molecule has 2 heterocycles. The molecule has 0 saturated carbocycles. The van der Waals surface area contributed by atoms with Crippen molar-refractivity contribution in [3.05, 3.63) is 40.4 Å². The molecule has 3 N–H and O–H groups in total. The Labute approximate surface area is 173 Å². The van der Waals surface area contributed by atoms with E-state index in [1.807, 2.05) is 0 Å². The monoisotopic (exact) mass is 414 g/mol. The van der Waals surface area contributed by atoms with Gasteiger partial charge in [-0.15, -0.1) is 5.10 Å². The highest BCUT2D eigenvalue weighted by molar-refractivity contribution is 5.74. The SMILES string of the molecule is CCOC(=O)Cc1[nH]nc2c1C(c1ccc(OC)c(OC)c1OC)C(C#N)=C(N)O2. The van der Waals surface area contributed by atoms with Gasteiger partial charge >= 0.3 is 5.97 Å². The Morgan fingerprint density at radius 2 is 2.00 bits per heavy atom. The van der Waals surface area contributed by atoms with Gasteiger partial charge in [-0.25, -0.2) is 0 Å². The van der Waals surface area contributed by atoms with Gasteiger partial charge in [0.25, 0.3) is 0 Å². The first-order valence-corrected chi connectivity index (χ1v) is 9.09. The standard InChI is InChI=1S/C20H22N4O6/c1-5-29-14(25)8-12-16-15(11(9-21)19(22)30-20(16)24-23-12)10-6-7-13(26-2)18(28-4)17(10)27-3/h6-7,15H,5,8,22H2,1-4H3,(H,23,24). The van der Waals surface area contributed by atoms with Crippen molar-refractivity contribution < 1.29 is 28.5 Å². The van der Waals surface area contributed by atoms with E-state index >= 15 is 0 Å². The fraction of sp³-hybridized carbons (Fsp3) is 0.350. The quantitative estimate of drug-likeness (QED) is 0.648. The van der Waals surface area contributed by atoms with E-state index in [-0.39, 0.29) is 30.4 Å². The number of H-pyrrole nitrogens is 1. The van der Waals surface area contributed by atoms with E-state index in [2.05, 4.69) is 16.3 Å². The summed E-state index contributed by atoms with van der Waals surface area (Å²) < 4.78 is 27.0. The van der Waals surface area contributed by atoms with E-state index < -0.39 is 11.9 Å². The van der Waals surface area contributed by atoms with Gasteiger partial charge in [-0.1, -0.05) is 6.07 Å². The van der Waals surface area contributed by atoms with Crippen molar-refractivity contribution in [3.63, 3.8) is 0 Å². The maximum Gasteiger partial charge on any atom is 0.311 e. The van der Waals surface area contributed by atoms with Crippen LogP contribution in [-0.4, -0.2) is 44.1 Å². The Morgan fingerprint density at radius 1 is 1.27 bits per heavy atom.